The van der Waals surface area contributed by atoms with Crippen LogP contribution in [0.2, 0.25) is 0 Å². The molecule has 0 aromatic heterocycles. The smallest absolute Gasteiger partial charge is 0.288 e. The SMILES string of the molecule is OCC1OC(N=C2N[C@@H]3[C@@H](C[C@@H](O)[C@H](O)[C@]3(O)CO)O2)C(O)C(O)C1O. The normalized spacial score (nSPS) is 53.1. The molecule has 0 aromatic carbocycles. The lowest BCUT2D eigenvalue weighted by atomic mass is 9.75. The number of ether oxygens (including phenoxy) is 2. The van der Waals surface area contributed by atoms with Gasteiger partial charge in [0.15, 0.2) is 6.23 Å². The monoisotopic (exact) mass is 380 g/mol. The van der Waals surface area contributed by atoms with Crippen LogP contribution in [0.4, 0.5) is 0 Å². The predicted molar refractivity (Wildman–Crippen MR) is 81.7 cm³/mol. The lowest BCUT2D eigenvalue weighted by molar-refractivity contribution is -0.227. The summed E-state index contributed by atoms with van der Waals surface area (Å²) in [5.41, 5.74) is -2.09. The fourth-order valence-electron chi connectivity index (χ4n) is 3.55. The van der Waals surface area contributed by atoms with Gasteiger partial charge in [0.05, 0.1) is 19.3 Å². The van der Waals surface area contributed by atoms with Gasteiger partial charge in [-0.05, 0) is 0 Å². The second-order valence-corrected chi connectivity index (χ2v) is 6.83. The molecular formula is C14H24N2O10. The lowest BCUT2D eigenvalue weighted by Gasteiger charge is -2.44. The van der Waals surface area contributed by atoms with Crippen LogP contribution in [0.5, 0.6) is 0 Å². The first-order valence-electron chi connectivity index (χ1n) is 8.23. The quantitative estimate of drug-likeness (QED) is 0.226. The second-order valence-electron chi connectivity index (χ2n) is 6.83. The standard InChI is InChI=1S/C14H24N2O10/c17-2-6-7(20)8(21)9(22)12(25-6)16-13-15-10-5(26-13)1-4(19)11(23)14(10,24)3-18/h4-12,17-24H,1-3H2,(H,15,16)/t4-,5-,6?,7?,8?,9?,10-,11+,12?,14+/m1/s1. The van der Waals surface area contributed by atoms with Crippen molar-refractivity contribution in [2.45, 2.75) is 67.0 Å². The number of fused-ring (bicyclic) bond motifs is 1. The highest BCUT2D eigenvalue weighted by Crippen LogP contribution is 2.34. The van der Waals surface area contributed by atoms with Gasteiger partial charge in [-0.2, -0.15) is 0 Å². The average molecular weight is 380 g/mol. The van der Waals surface area contributed by atoms with Crippen LogP contribution in [-0.2, 0) is 9.47 Å². The van der Waals surface area contributed by atoms with Gasteiger partial charge in [0.2, 0.25) is 0 Å². The summed E-state index contributed by atoms with van der Waals surface area (Å²) in [6.45, 7) is -1.47. The molecular weight excluding hydrogens is 356 g/mol. The van der Waals surface area contributed by atoms with Crippen LogP contribution in [0.25, 0.3) is 0 Å². The third-order valence-corrected chi connectivity index (χ3v) is 5.17. The van der Waals surface area contributed by atoms with Crippen molar-refractivity contribution in [3.05, 3.63) is 0 Å². The van der Waals surface area contributed by atoms with E-state index in [4.69, 9.17) is 9.47 Å². The summed E-state index contributed by atoms with van der Waals surface area (Å²) < 4.78 is 10.7. The summed E-state index contributed by atoms with van der Waals surface area (Å²) in [6, 6.07) is -1.20. The number of hydrogen-bond donors (Lipinski definition) is 9. The van der Waals surface area contributed by atoms with Gasteiger partial charge < -0.3 is 55.6 Å². The number of aliphatic hydroxyl groups excluding tert-OH is 7. The zero-order chi connectivity index (χ0) is 19.2. The third kappa shape index (κ3) is 3.06. The molecule has 2 aliphatic heterocycles. The van der Waals surface area contributed by atoms with E-state index in [0.717, 1.165) is 0 Å². The summed E-state index contributed by atoms with van der Waals surface area (Å²) in [5.74, 6) is 0. The van der Waals surface area contributed by atoms with Crippen molar-refractivity contribution in [1.29, 1.82) is 0 Å². The highest BCUT2D eigenvalue weighted by molar-refractivity contribution is 5.77. The molecule has 2 saturated heterocycles. The Hall–Kier alpha value is -1.09. The first kappa shape index (κ1) is 19.7. The molecule has 0 bridgehead atoms. The number of rotatable bonds is 3. The van der Waals surface area contributed by atoms with Crippen LogP contribution in [-0.4, -0.2) is 121 Å². The van der Waals surface area contributed by atoms with Crippen molar-refractivity contribution >= 4 is 6.02 Å². The van der Waals surface area contributed by atoms with Crippen LogP contribution >= 0.6 is 0 Å². The average Bonchev–Trinajstić information content (AvgIpc) is 3.03. The number of aliphatic hydroxyl groups is 8. The minimum Gasteiger partial charge on any atom is -0.459 e. The molecule has 0 amide bonds. The van der Waals surface area contributed by atoms with Crippen LogP contribution < -0.4 is 5.32 Å². The number of hydrogen-bond acceptors (Lipinski definition) is 11. The Kier molecular flexibility index (Phi) is 5.40. The molecule has 3 rings (SSSR count). The summed E-state index contributed by atoms with van der Waals surface area (Å²) in [4.78, 5) is 3.95. The molecule has 0 radical (unpaired) electrons. The van der Waals surface area contributed by atoms with Gasteiger partial charge in [0, 0.05) is 6.42 Å². The van der Waals surface area contributed by atoms with Crippen LogP contribution in [0.15, 0.2) is 4.99 Å². The van der Waals surface area contributed by atoms with Gasteiger partial charge >= 0.3 is 0 Å². The molecule has 0 spiro atoms. The molecule has 10 atom stereocenters. The van der Waals surface area contributed by atoms with E-state index in [1.165, 1.54) is 0 Å². The summed E-state index contributed by atoms with van der Waals surface area (Å²) in [5, 5.41) is 81.1. The Bertz CT molecular complexity index is 548. The Morgan fingerprint density at radius 1 is 1.08 bits per heavy atom. The van der Waals surface area contributed by atoms with E-state index < -0.39 is 73.8 Å². The van der Waals surface area contributed by atoms with Crippen LogP contribution in [0.1, 0.15) is 6.42 Å². The Labute approximate surface area is 147 Å². The van der Waals surface area contributed by atoms with Gasteiger partial charge in [-0.1, -0.05) is 0 Å². The summed E-state index contributed by atoms with van der Waals surface area (Å²) in [7, 11) is 0. The zero-order valence-corrected chi connectivity index (χ0v) is 13.7. The lowest BCUT2D eigenvalue weighted by Crippen LogP contribution is -2.68. The molecule has 5 unspecified atom stereocenters. The number of amidine groups is 1. The summed E-state index contributed by atoms with van der Waals surface area (Å²) in [6.07, 6.45) is -11.1. The van der Waals surface area contributed by atoms with E-state index >= 15 is 0 Å². The molecule has 2 heterocycles. The minimum atomic E-state index is -2.09. The maximum Gasteiger partial charge on any atom is 0.288 e. The van der Waals surface area contributed by atoms with E-state index in [1.54, 1.807) is 0 Å². The van der Waals surface area contributed by atoms with Crippen molar-refractivity contribution in [1.82, 2.24) is 5.32 Å². The maximum atomic E-state index is 10.5. The molecule has 0 aromatic rings. The van der Waals surface area contributed by atoms with Crippen molar-refractivity contribution in [2.24, 2.45) is 4.99 Å². The number of nitrogens with zero attached hydrogens (tertiary/aromatic N) is 1. The van der Waals surface area contributed by atoms with E-state index in [-0.39, 0.29) is 12.4 Å². The third-order valence-electron chi connectivity index (χ3n) is 5.17. The first-order chi connectivity index (χ1) is 12.2. The van der Waals surface area contributed by atoms with Crippen molar-refractivity contribution in [3.8, 4) is 0 Å². The highest BCUT2D eigenvalue weighted by Gasteiger charge is 2.58. The van der Waals surface area contributed by atoms with E-state index in [2.05, 4.69) is 10.3 Å². The fraction of sp³-hybridized carbons (Fsp3) is 0.929. The maximum absolute atomic E-state index is 10.5. The fourth-order valence-corrected chi connectivity index (χ4v) is 3.55. The molecule has 9 N–H and O–H groups in total. The molecule has 3 aliphatic rings. The van der Waals surface area contributed by atoms with Crippen molar-refractivity contribution in [3.63, 3.8) is 0 Å². The molecule has 3 fully saturated rings. The number of aliphatic imine (C=N–C) groups is 1. The van der Waals surface area contributed by atoms with Gasteiger partial charge in [0.1, 0.15) is 48.3 Å². The Balaban J connectivity index is 1.79. The van der Waals surface area contributed by atoms with E-state index in [1.807, 2.05) is 0 Å². The van der Waals surface area contributed by atoms with Gasteiger partial charge in [-0.15, -0.1) is 0 Å². The summed E-state index contributed by atoms with van der Waals surface area (Å²) >= 11 is 0. The number of nitrogens with one attached hydrogen (secondary N) is 1. The Morgan fingerprint density at radius 3 is 2.38 bits per heavy atom. The Morgan fingerprint density at radius 2 is 1.77 bits per heavy atom. The topological polar surface area (TPSA) is 205 Å². The predicted octanol–water partition coefficient (Wildman–Crippen LogP) is -5.65. The zero-order valence-electron chi connectivity index (χ0n) is 13.7. The van der Waals surface area contributed by atoms with Crippen LogP contribution in [0.3, 0.4) is 0 Å². The van der Waals surface area contributed by atoms with Crippen LogP contribution in [0, 0.1) is 0 Å². The van der Waals surface area contributed by atoms with Gasteiger partial charge in [-0.3, -0.25) is 0 Å². The second kappa shape index (κ2) is 7.14. The highest BCUT2D eigenvalue weighted by atomic mass is 16.6. The minimum absolute atomic E-state index is 0.0468. The molecule has 1 aliphatic carbocycles. The van der Waals surface area contributed by atoms with E-state index in [0.29, 0.717) is 0 Å². The first-order valence-corrected chi connectivity index (χ1v) is 8.23. The van der Waals surface area contributed by atoms with E-state index in [9.17, 15) is 40.9 Å². The molecule has 12 heteroatoms. The molecule has 1 saturated carbocycles. The van der Waals surface area contributed by atoms with Crippen molar-refractivity contribution < 1.29 is 50.3 Å². The van der Waals surface area contributed by atoms with Crippen molar-refractivity contribution in [2.75, 3.05) is 13.2 Å². The largest absolute Gasteiger partial charge is 0.459 e. The molecule has 26 heavy (non-hydrogen) atoms. The van der Waals surface area contributed by atoms with Gasteiger partial charge in [0.25, 0.3) is 6.02 Å². The molecule has 12 nitrogen and oxygen atoms in total. The molecule has 150 valence electrons. The van der Waals surface area contributed by atoms with Gasteiger partial charge in [-0.25, -0.2) is 4.99 Å².